The number of benzene rings is 1. The molecule has 1 aromatic carbocycles. The lowest BCUT2D eigenvalue weighted by molar-refractivity contribution is 0.102. The number of carbonyl (C=O) groups excluding carboxylic acids is 1. The minimum absolute atomic E-state index is 0.147. The van der Waals surface area contributed by atoms with E-state index in [1.807, 2.05) is 19.2 Å². The van der Waals surface area contributed by atoms with Gasteiger partial charge in [0.15, 0.2) is 0 Å². The molecule has 3 rings (SSSR count). The summed E-state index contributed by atoms with van der Waals surface area (Å²) in [4.78, 5) is 40.5. The van der Waals surface area contributed by atoms with Gasteiger partial charge >= 0.3 is 0 Å². The summed E-state index contributed by atoms with van der Waals surface area (Å²) in [5.41, 5.74) is 2.47. The Labute approximate surface area is 187 Å². The van der Waals surface area contributed by atoms with Crippen molar-refractivity contribution in [3.8, 4) is 11.3 Å². The molecule has 0 aliphatic rings. The molecular formula is C23H29N7O2. The minimum atomic E-state index is -0.392. The number of aromatic nitrogens is 3. The molecule has 0 unspecified atom stereocenters. The van der Waals surface area contributed by atoms with Crippen molar-refractivity contribution in [2.75, 3.05) is 56.8 Å². The quantitative estimate of drug-likeness (QED) is 0.474. The van der Waals surface area contributed by atoms with Crippen LogP contribution < -0.4 is 21.1 Å². The molecule has 0 atom stereocenters. The third-order valence-electron chi connectivity index (χ3n) is 5.01. The van der Waals surface area contributed by atoms with E-state index in [2.05, 4.69) is 49.5 Å². The molecule has 168 valence electrons. The van der Waals surface area contributed by atoms with E-state index < -0.39 is 5.56 Å². The molecule has 3 N–H and O–H groups in total. The summed E-state index contributed by atoms with van der Waals surface area (Å²) >= 11 is 0. The van der Waals surface area contributed by atoms with Crippen molar-refractivity contribution in [2.24, 2.45) is 0 Å². The number of carbonyl (C=O) groups is 1. The van der Waals surface area contributed by atoms with Crippen LogP contribution in [0.4, 0.5) is 17.2 Å². The van der Waals surface area contributed by atoms with E-state index in [0.717, 1.165) is 25.2 Å². The van der Waals surface area contributed by atoms with Crippen molar-refractivity contribution < 1.29 is 4.79 Å². The molecule has 2 aromatic heterocycles. The van der Waals surface area contributed by atoms with E-state index >= 15 is 0 Å². The first-order valence-electron chi connectivity index (χ1n) is 10.4. The number of H-pyrrole nitrogens is 1. The van der Waals surface area contributed by atoms with Gasteiger partial charge in [0.2, 0.25) is 0 Å². The molecular weight excluding hydrogens is 406 g/mol. The van der Waals surface area contributed by atoms with E-state index in [4.69, 9.17) is 0 Å². The Morgan fingerprint density at radius 3 is 2.53 bits per heavy atom. The van der Waals surface area contributed by atoms with Crippen LogP contribution in [0.5, 0.6) is 0 Å². The number of pyridine rings is 1. The van der Waals surface area contributed by atoms with Crippen molar-refractivity contribution in [3.05, 3.63) is 64.8 Å². The zero-order chi connectivity index (χ0) is 23.1. The topological polar surface area (TPSA) is 106 Å². The van der Waals surface area contributed by atoms with Crippen LogP contribution in [0.3, 0.4) is 0 Å². The molecule has 0 fully saturated rings. The molecule has 9 nitrogen and oxygen atoms in total. The standard InChI is InChI=1S/C23H29N7O2/c1-24-21-15-25-14-20(27-21)17-12-19(23(32)26-13-17)28-22(31)16-6-8-18(9-7-16)30(4)11-5-10-29(2)3/h6-9,12-15H,5,10-11H2,1-4H3,(H,24,27)(H,26,32)(H,28,31). The maximum absolute atomic E-state index is 12.7. The first-order valence-corrected chi connectivity index (χ1v) is 10.4. The molecule has 0 saturated carbocycles. The van der Waals surface area contributed by atoms with Gasteiger partial charge in [-0.25, -0.2) is 4.98 Å². The van der Waals surface area contributed by atoms with Gasteiger partial charge in [0, 0.05) is 43.7 Å². The first kappa shape index (κ1) is 23.0. The van der Waals surface area contributed by atoms with E-state index in [1.165, 1.54) is 0 Å². The highest BCUT2D eigenvalue weighted by molar-refractivity contribution is 6.04. The van der Waals surface area contributed by atoms with Crippen molar-refractivity contribution in [1.82, 2.24) is 19.9 Å². The fraction of sp³-hybridized carbons (Fsp3) is 0.304. The van der Waals surface area contributed by atoms with Gasteiger partial charge in [0.1, 0.15) is 11.5 Å². The van der Waals surface area contributed by atoms with Gasteiger partial charge in [-0.2, -0.15) is 0 Å². The molecule has 9 heteroatoms. The fourth-order valence-corrected chi connectivity index (χ4v) is 3.16. The monoisotopic (exact) mass is 435 g/mol. The molecule has 3 aromatic rings. The molecule has 0 aliphatic heterocycles. The van der Waals surface area contributed by atoms with Gasteiger partial charge in [-0.3, -0.25) is 14.6 Å². The van der Waals surface area contributed by atoms with Gasteiger partial charge in [-0.15, -0.1) is 0 Å². The number of hydrogen-bond acceptors (Lipinski definition) is 7. The Bertz CT molecular complexity index is 1110. The number of rotatable bonds is 9. The first-order chi connectivity index (χ1) is 15.4. The second kappa shape index (κ2) is 10.5. The number of nitrogens with zero attached hydrogens (tertiary/aromatic N) is 4. The lowest BCUT2D eigenvalue weighted by Crippen LogP contribution is -2.23. The smallest absolute Gasteiger partial charge is 0.271 e. The van der Waals surface area contributed by atoms with E-state index in [9.17, 15) is 9.59 Å². The van der Waals surface area contributed by atoms with Crippen molar-refractivity contribution >= 4 is 23.1 Å². The highest BCUT2D eigenvalue weighted by atomic mass is 16.2. The van der Waals surface area contributed by atoms with Crippen LogP contribution in [-0.4, -0.2) is 67.0 Å². The van der Waals surface area contributed by atoms with E-state index in [0.29, 0.717) is 22.6 Å². The summed E-state index contributed by atoms with van der Waals surface area (Å²) in [7, 11) is 7.89. The zero-order valence-corrected chi connectivity index (χ0v) is 18.8. The van der Waals surface area contributed by atoms with Gasteiger partial charge < -0.3 is 25.4 Å². The lowest BCUT2D eigenvalue weighted by atomic mass is 10.1. The fourth-order valence-electron chi connectivity index (χ4n) is 3.16. The summed E-state index contributed by atoms with van der Waals surface area (Å²) < 4.78 is 0. The number of anilines is 3. The average molecular weight is 436 g/mol. The van der Waals surface area contributed by atoms with Gasteiger partial charge in [-0.05, 0) is 57.4 Å². The molecule has 0 radical (unpaired) electrons. The van der Waals surface area contributed by atoms with Crippen LogP contribution >= 0.6 is 0 Å². The Morgan fingerprint density at radius 2 is 1.84 bits per heavy atom. The maximum Gasteiger partial charge on any atom is 0.271 e. The summed E-state index contributed by atoms with van der Waals surface area (Å²) in [5, 5.41) is 5.62. The number of aromatic amines is 1. The third-order valence-corrected chi connectivity index (χ3v) is 5.01. The molecule has 0 saturated heterocycles. The second-order valence-electron chi connectivity index (χ2n) is 7.75. The second-order valence-corrected chi connectivity index (χ2v) is 7.75. The van der Waals surface area contributed by atoms with Crippen LogP contribution in [0.15, 0.2) is 53.7 Å². The lowest BCUT2D eigenvalue weighted by Gasteiger charge is -2.20. The van der Waals surface area contributed by atoms with Crippen LogP contribution in [0.2, 0.25) is 0 Å². The Kier molecular flexibility index (Phi) is 7.56. The normalized spacial score (nSPS) is 10.8. The van der Waals surface area contributed by atoms with E-state index in [-0.39, 0.29) is 11.6 Å². The predicted octanol–water partition coefficient (Wildman–Crippen LogP) is 2.51. The SMILES string of the molecule is CNc1cncc(-c2c[nH]c(=O)c(NC(=O)c3ccc(N(C)CCCN(C)C)cc3)c2)n1. The Morgan fingerprint density at radius 1 is 1.09 bits per heavy atom. The van der Waals surface area contributed by atoms with E-state index in [1.54, 1.807) is 43.8 Å². The van der Waals surface area contributed by atoms with Crippen molar-refractivity contribution in [1.29, 1.82) is 0 Å². The highest BCUT2D eigenvalue weighted by Gasteiger charge is 2.12. The summed E-state index contributed by atoms with van der Waals surface area (Å²) in [6, 6.07) is 8.92. The number of hydrogen-bond donors (Lipinski definition) is 3. The minimum Gasteiger partial charge on any atom is -0.375 e. The molecule has 1 amide bonds. The molecule has 0 spiro atoms. The van der Waals surface area contributed by atoms with Crippen LogP contribution in [0.25, 0.3) is 11.3 Å². The third kappa shape index (κ3) is 5.92. The summed E-state index contributed by atoms with van der Waals surface area (Å²) in [5.74, 6) is 0.246. The zero-order valence-electron chi connectivity index (χ0n) is 18.8. The van der Waals surface area contributed by atoms with Gasteiger partial charge in [0.25, 0.3) is 11.5 Å². The van der Waals surface area contributed by atoms with Crippen molar-refractivity contribution in [2.45, 2.75) is 6.42 Å². The Hall–Kier alpha value is -3.72. The molecule has 0 aliphatic carbocycles. The molecule has 32 heavy (non-hydrogen) atoms. The number of nitrogens with one attached hydrogen (secondary N) is 3. The molecule has 0 bridgehead atoms. The average Bonchev–Trinajstić information content (AvgIpc) is 2.80. The Balaban J connectivity index is 1.71. The maximum atomic E-state index is 12.7. The summed E-state index contributed by atoms with van der Waals surface area (Å²) in [6.07, 6.45) is 5.78. The predicted molar refractivity (Wildman–Crippen MR) is 128 cm³/mol. The van der Waals surface area contributed by atoms with Gasteiger partial charge in [-0.1, -0.05) is 0 Å². The largest absolute Gasteiger partial charge is 0.375 e. The van der Waals surface area contributed by atoms with Crippen LogP contribution in [0.1, 0.15) is 16.8 Å². The molecule has 2 heterocycles. The highest BCUT2D eigenvalue weighted by Crippen LogP contribution is 2.19. The number of amides is 1. The van der Waals surface area contributed by atoms with Crippen molar-refractivity contribution in [3.63, 3.8) is 0 Å². The summed E-state index contributed by atoms with van der Waals surface area (Å²) in [6.45, 7) is 1.94. The van der Waals surface area contributed by atoms with Crippen LogP contribution in [-0.2, 0) is 0 Å². The van der Waals surface area contributed by atoms with Gasteiger partial charge in [0.05, 0.1) is 18.1 Å². The van der Waals surface area contributed by atoms with Crippen LogP contribution in [0, 0.1) is 0 Å².